The molecular weight excluding hydrogens is 163 g/mol. The first-order chi connectivity index (χ1) is 5.70. The highest BCUT2D eigenvalue weighted by Crippen LogP contribution is 2.19. The van der Waals surface area contributed by atoms with Crippen LogP contribution in [0.1, 0.15) is 19.3 Å². The summed E-state index contributed by atoms with van der Waals surface area (Å²) in [6.07, 6.45) is 0.164. The van der Waals surface area contributed by atoms with Crippen molar-refractivity contribution in [1.82, 2.24) is 0 Å². The lowest BCUT2D eigenvalue weighted by atomic mass is 9.96. The Hall–Kier alpha value is -0.640. The van der Waals surface area contributed by atoms with E-state index in [-0.39, 0.29) is 12.3 Å². The van der Waals surface area contributed by atoms with Crippen LogP contribution in [0.4, 0.5) is 4.39 Å². The molecule has 1 fully saturated rings. The number of carboxylic acid groups (broad SMARTS) is 1. The molecule has 0 saturated carbocycles. The van der Waals surface area contributed by atoms with Crippen molar-refractivity contribution in [3.8, 4) is 0 Å². The molecule has 1 N–H and O–H groups in total. The molecule has 1 rings (SSSR count). The number of halogens is 1. The maximum absolute atomic E-state index is 12.7. The zero-order valence-electron chi connectivity index (χ0n) is 6.83. The number of rotatable bonds is 3. The highest BCUT2D eigenvalue weighted by atomic mass is 19.1. The Morgan fingerprint density at radius 1 is 1.75 bits per heavy atom. The van der Waals surface area contributed by atoms with Crippen LogP contribution >= 0.6 is 0 Å². The van der Waals surface area contributed by atoms with Gasteiger partial charge < -0.3 is 9.84 Å². The van der Waals surface area contributed by atoms with Crippen molar-refractivity contribution < 1.29 is 19.0 Å². The number of ether oxygens (including phenoxy) is 1. The zero-order chi connectivity index (χ0) is 8.97. The van der Waals surface area contributed by atoms with E-state index in [9.17, 15) is 9.18 Å². The Morgan fingerprint density at radius 2 is 2.50 bits per heavy atom. The molecule has 0 aromatic carbocycles. The molecule has 0 bridgehead atoms. The molecule has 0 spiro atoms. The van der Waals surface area contributed by atoms with E-state index < -0.39 is 12.1 Å². The van der Waals surface area contributed by atoms with Crippen LogP contribution in [0.3, 0.4) is 0 Å². The van der Waals surface area contributed by atoms with Gasteiger partial charge in [-0.2, -0.15) is 0 Å². The summed E-state index contributed by atoms with van der Waals surface area (Å²) in [5.74, 6) is -1.27. The normalized spacial score (nSPS) is 26.6. The summed E-state index contributed by atoms with van der Waals surface area (Å²) in [4.78, 5) is 10.2. The van der Waals surface area contributed by atoms with Gasteiger partial charge in [-0.05, 0) is 25.2 Å². The summed E-state index contributed by atoms with van der Waals surface area (Å²) in [6, 6.07) is 0. The average Bonchev–Trinajstić information content (AvgIpc) is 2.06. The molecule has 12 heavy (non-hydrogen) atoms. The predicted molar refractivity (Wildman–Crippen MR) is 40.7 cm³/mol. The molecule has 4 heteroatoms. The maximum Gasteiger partial charge on any atom is 0.338 e. The Labute approximate surface area is 70.5 Å². The van der Waals surface area contributed by atoms with Crippen LogP contribution in [-0.2, 0) is 9.53 Å². The minimum absolute atomic E-state index is 0.0878. The second-order valence-electron chi connectivity index (χ2n) is 3.12. The molecule has 0 amide bonds. The van der Waals surface area contributed by atoms with Crippen LogP contribution < -0.4 is 0 Å². The molecule has 0 aromatic heterocycles. The van der Waals surface area contributed by atoms with Gasteiger partial charge in [0.05, 0.1) is 0 Å². The van der Waals surface area contributed by atoms with Crippen molar-refractivity contribution in [2.24, 2.45) is 5.92 Å². The summed E-state index contributed by atoms with van der Waals surface area (Å²) in [6.45, 7) is 1.23. The molecule has 1 heterocycles. The Bertz CT molecular complexity index is 154. The van der Waals surface area contributed by atoms with Gasteiger partial charge in [0.1, 0.15) is 0 Å². The fourth-order valence-corrected chi connectivity index (χ4v) is 1.39. The number of carbonyl (C=O) groups is 1. The van der Waals surface area contributed by atoms with E-state index in [0.29, 0.717) is 6.61 Å². The fourth-order valence-electron chi connectivity index (χ4n) is 1.39. The first-order valence-electron chi connectivity index (χ1n) is 4.14. The third-order valence-electron chi connectivity index (χ3n) is 2.06. The zero-order valence-corrected chi connectivity index (χ0v) is 6.83. The molecule has 0 unspecified atom stereocenters. The second-order valence-corrected chi connectivity index (χ2v) is 3.12. The third-order valence-corrected chi connectivity index (χ3v) is 2.06. The minimum atomic E-state index is -1.73. The van der Waals surface area contributed by atoms with Crippen LogP contribution in [0.15, 0.2) is 0 Å². The summed E-state index contributed by atoms with van der Waals surface area (Å²) >= 11 is 0. The van der Waals surface area contributed by atoms with Crippen LogP contribution in [0.5, 0.6) is 0 Å². The van der Waals surface area contributed by atoms with Gasteiger partial charge in [0.25, 0.3) is 0 Å². The van der Waals surface area contributed by atoms with Gasteiger partial charge in [-0.1, -0.05) is 0 Å². The predicted octanol–water partition coefficient (Wildman–Crippen LogP) is 1.23. The van der Waals surface area contributed by atoms with E-state index in [1.165, 1.54) is 0 Å². The lowest BCUT2D eigenvalue weighted by Gasteiger charge is -2.22. The molecule has 0 radical (unpaired) electrons. The molecule has 1 aliphatic rings. The molecule has 2 atom stereocenters. The lowest BCUT2D eigenvalue weighted by Crippen LogP contribution is -2.24. The molecule has 70 valence electrons. The van der Waals surface area contributed by atoms with E-state index in [1.54, 1.807) is 0 Å². The third kappa shape index (κ3) is 2.77. The quantitative estimate of drug-likeness (QED) is 0.703. The number of alkyl halides is 1. The standard InChI is InChI=1S/C8H13FO3/c9-7(8(10)11)4-6-2-1-3-12-5-6/h6-7H,1-5H2,(H,10,11)/t6-,7+/m0/s1. The van der Waals surface area contributed by atoms with Gasteiger partial charge in [0.15, 0.2) is 6.17 Å². The van der Waals surface area contributed by atoms with Gasteiger partial charge in [0, 0.05) is 13.2 Å². The molecule has 1 aliphatic heterocycles. The smallest absolute Gasteiger partial charge is 0.338 e. The van der Waals surface area contributed by atoms with Crippen LogP contribution in [-0.4, -0.2) is 30.5 Å². The van der Waals surface area contributed by atoms with Crippen molar-refractivity contribution in [3.63, 3.8) is 0 Å². The summed E-state index contributed by atoms with van der Waals surface area (Å²) in [5.41, 5.74) is 0. The Balaban J connectivity index is 2.24. The van der Waals surface area contributed by atoms with Gasteiger partial charge in [-0.3, -0.25) is 0 Å². The largest absolute Gasteiger partial charge is 0.479 e. The maximum atomic E-state index is 12.7. The van der Waals surface area contributed by atoms with Gasteiger partial charge >= 0.3 is 5.97 Å². The summed E-state index contributed by atoms with van der Waals surface area (Å²) < 4.78 is 17.8. The van der Waals surface area contributed by atoms with Crippen molar-refractivity contribution in [2.45, 2.75) is 25.4 Å². The number of hydrogen-bond acceptors (Lipinski definition) is 2. The summed E-state index contributed by atoms with van der Waals surface area (Å²) in [7, 11) is 0. The first kappa shape index (κ1) is 9.45. The minimum Gasteiger partial charge on any atom is -0.479 e. The van der Waals surface area contributed by atoms with Crippen LogP contribution in [0.25, 0.3) is 0 Å². The van der Waals surface area contributed by atoms with Gasteiger partial charge in [-0.25, -0.2) is 9.18 Å². The Morgan fingerprint density at radius 3 is 3.00 bits per heavy atom. The summed E-state index contributed by atoms with van der Waals surface area (Å²) in [5, 5.41) is 8.30. The van der Waals surface area contributed by atoms with Gasteiger partial charge in [-0.15, -0.1) is 0 Å². The van der Waals surface area contributed by atoms with Crippen molar-refractivity contribution >= 4 is 5.97 Å². The van der Waals surface area contributed by atoms with E-state index in [0.717, 1.165) is 19.4 Å². The fraction of sp³-hybridized carbons (Fsp3) is 0.875. The molecule has 0 aromatic rings. The van der Waals surface area contributed by atoms with Crippen molar-refractivity contribution in [3.05, 3.63) is 0 Å². The highest BCUT2D eigenvalue weighted by molar-refractivity contribution is 5.71. The Kier molecular flexibility index (Phi) is 3.47. The lowest BCUT2D eigenvalue weighted by molar-refractivity contribution is -0.143. The number of aliphatic carboxylic acids is 1. The topological polar surface area (TPSA) is 46.5 Å². The monoisotopic (exact) mass is 176 g/mol. The molecular formula is C8H13FO3. The molecule has 3 nitrogen and oxygen atoms in total. The van der Waals surface area contributed by atoms with E-state index >= 15 is 0 Å². The SMILES string of the molecule is O=C(O)[C@H](F)C[C@@H]1CCCOC1. The van der Waals surface area contributed by atoms with E-state index in [2.05, 4.69) is 0 Å². The average molecular weight is 176 g/mol. The first-order valence-corrected chi connectivity index (χ1v) is 4.14. The molecule has 0 aliphatic carbocycles. The second kappa shape index (κ2) is 4.40. The van der Waals surface area contributed by atoms with E-state index in [4.69, 9.17) is 9.84 Å². The van der Waals surface area contributed by atoms with Gasteiger partial charge in [0.2, 0.25) is 0 Å². The number of hydrogen-bond donors (Lipinski definition) is 1. The van der Waals surface area contributed by atoms with E-state index in [1.807, 2.05) is 0 Å². The highest BCUT2D eigenvalue weighted by Gasteiger charge is 2.23. The van der Waals surface area contributed by atoms with Crippen molar-refractivity contribution in [2.75, 3.05) is 13.2 Å². The van der Waals surface area contributed by atoms with Crippen LogP contribution in [0, 0.1) is 5.92 Å². The van der Waals surface area contributed by atoms with Crippen molar-refractivity contribution in [1.29, 1.82) is 0 Å². The molecule has 1 saturated heterocycles. The van der Waals surface area contributed by atoms with Crippen LogP contribution in [0.2, 0.25) is 0 Å². The number of carboxylic acids is 1.